The van der Waals surface area contributed by atoms with Crippen LogP contribution < -0.4 is 50.8 Å². The van der Waals surface area contributed by atoms with Crippen LogP contribution in [0.1, 0.15) is 105 Å². The van der Waals surface area contributed by atoms with Crippen LogP contribution in [0.15, 0.2) is 194 Å². The van der Waals surface area contributed by atoms with Gasteiger partial charge in [0.25, 0.3) is 23.6 Å². The molecule has 44 heteroatoms. The molecule has 4 heterocycles. The van der Waals surface area contributed by atoms with E-state index in [9.17, 15) is 77.1 Å². The number of anilines is 4. The molecule has 36 nitrogen and oxygen atoms in total. The summed E-state index contributed by atoms with van der Waals surface area (Å²) in [6, 6.07) is 45.6. The van der Waals surface area contributed by atoms with E-state index in [1.54, 1.807) is 48.5 Å². The second kappa shape index (κ2) is 49.5. The predicted octanol–water partition coefficient (Wildman–Crippen LogP) is 5.24. The molecular weight excluding hydrogens is 1800 g/mol. The molecule has 6 N–H and O–H groups in total. The summed E-state index contributed by atoms with van der Waals surface area (Å²) in [6.07, 6.45) is 0.135. The van der Waals surface area contributed by atoms with E-state index >= 15 is 0 Å². The Bertz CT molecular complexity index is 5810. The summed E-state index contributed by atoms with van der Waals surface area (Å²) < 4.78 is 146. The second-order valence-electron chi connectivity index (χ2n) is 26.4. The van der Waals surface area contributed by atoms with Gasteiger partial charge in [0.05, 0.1) is 164 Å². The summed E-state index contributed by atoms with van der Waals surface area (Å²) >= 11 is 6.52. The topological polar surface area (TPSA) is 509 Å². The van der Waals surface area contributed by atoms with Crippen LogP contribution in [-0.4, -0.2) is 243 Å². The minimum absolute atomic E-state index is 0. The van der Waals surface area contributed by atoms with Gasteiger partial charge < -0.3 is 65.0 Å². The average molecular weight is 1890 g/mol. The van der Waals surface area contributed by atoms with Gasteiger partial charge >= 0.3 is 78.2 Å². The van der Waals surface area contributed by atoms with Gasteiger partial charge in [-0.25, -0.2) is 52.8 Å². The first-order valence-corrected chi connectivity index (χ1v) is 44.4. The Morgan fingerprint density at radius 1 is 0.424 bits per heavy atom. The maximum Gasteiger partial charge on any atom is 1.00 e. The first-order valence-electron chi connectivity index (χ1n) is 37.1. The van der Waals surface area contributed by atoms with Crippen molar-refractivity contribution in [2.45, 2.75) is 44.7 Å². The molecule has 4 amide bonds. The van der Waals surface area contributed by atoms with Gasteiger partial charge in [0.1, 0.15) is 0 Å². The zero-order chi connectivity index (χ0) is 89.6. The van der Waals surface area contributed by atoms with Crippen molar-refractivity contribution in [3.05, 3.63) is 237 Å². The van der Waals surface area contributed by atoms with E-state index in [4.69, 9.17) is 43.7 Å². The number of amides is 4. The number of morpholine rings is 4. The van der Waals surface area contributed by atoms with Crippen molar-refractivity contribution in [1.82, 2.24) is 17.2 Å². The third kappa shape index (κ3) is 28.3. The van der Waals surface area contributed by atoms with Crippen LogP contribution in [0.25, 0.3) is 0 Å². The van der Waals surface area contributed by atoms with Crippen LogP contribution in [0, 0.1) is 29.6 Å². The Hall–Kier alpha value is -10.4. The largest absolute Gasteiger partial charge is 1.00 e. The quantitative estimate of drug-likeness (QED) is 0.0157. The first-order chi connectivity index (χ1) is 58.8. The summed E-state index contributed by atoms with van der Waals surface area (Å²) in [4.78, 5) is 98.8. The summed E-state index contributed by atoms with van der Waals surface area (Å²) in [5.74, 6) is -5.39. The van der Waals surface area contributed by atoms with Crippen molar-refractivity contribution >= 4 is 147 Å². The Morgan fingerprint density at radius 2 is 0.664 bits per heavy atom. The number of esters is 3. The van der Waals surface area contributed by atoms with Crippen molar-refractivity contribution in [3.8, 4) is 12.1 Å². The minimum Gasteiger partial charge on any atom is -0.870 e. The molecule has 125 heavy (non-hydrogen) atoms. The van der Waals surface area contributed by atoms with Crippen molar-refractivity contribution in [2.75, 3.05) is 148 Å². The van der Waals surface area contributed by atoms with Gasteiger partial charge in [0.2, 0.25) is 40.1 Å². The Kier molecular flexibility index (Phi) is 41.0. The molecule has 4 aliphatic rings. The van der Waals surface area contributed by atoms with Crippen LogP contribution in [-0.2, 0) is 91.4 Å². The van der Waals surface area contributed by atoms with Gasteiger partial charge in [0.15, 0.2) is 0 Å². The van der Waals surface area contributed by atoms with Crippen molar-refractivity contribution in [1.29, 1.82) is 10.5 Å². The Labute approximate surface area is 759 Å². The summed E-state index contributed by atoms with van der Waals surface area (Å²) in [5, 5.41) is 38.0. The van der Waals surface area contributed by atoms with Crippen LogP contribution in [0.2, 0.25) is 0 Å². The number of sulfonamides is 4. The van der Waals surface area contributed by atoms with E-state index in [2.05, 4.69) is 62.0 Å². The number of rotatable bonds is 23. The van der Waals surface area contributed by atoms with Gasteiger partial charge in [-0.2, -0.15) is 27.7 Å². The van der Waals surface area contributed by atoms with E-state index in [0.717, 1.165) is 11.1 Å². The zero-order valence-electron chi connectivity index (χ0n) is 68.1. The number of nitrogens with zero attached hydrogens (tertiary/aromatic N) is 7. The van der Waals surface area contributed by atoms with E-state index in [1.165, 1.54) is 160 Å². The molecular formula is C81H85BBrN11NaO25S5. The van der Waals surface area contributed by atoms with Crippen LogP contribution >= 0.6 is 28.7 Å². The number of methoxy groups -OCH3 is 3. The van der Waals surface area contributed by atoms with Crippen LogP contribution in [0.3, 0.4) is 0 Å². The van der Waals surface area contributed by atoms with Crippen LogP contribution in [0.4, 0.5) is 22.7 Å². The number of nitrogens with one attached hydrogen (secondary N) is 4. The average Bonchev–Trinajstić information content (AvgIpc) is 0.807. The van der Waals surface area contributed by atoms with Crippen molar-refractivity contribution in [3.63, 3.8) is 0 Å². The number of ether oxygens (including phenoxy) is 7. The number of carbonyl (C=O) groups is 8. The smallest absolute Gasteiger partial charge is 0.870 e. The SMILES string of the molecule is COC(=O)c1cc(C)ccc1NC(=O)c1cccc(S(=O)(=O)N2CCOCC2)c1.COC(=O)c1cc(CBr)ccc1NC(=O)c1cccc(S(=O)(=O)N2CCOCC2)c1.COC(=O)c1cc(CC#N)ccc1NC(=O)c1cccc(S(=O)(=O)N2CCOCC2)c1.N#CCc1ccc(NC(=O)c2cccc(S(=O)(=O)N3CCOCC3)c2)c(C(=O)O)c1.[B]=NS.[Na+].[OH-]. The molecule has 0 aromatic heterocycles. The van der Waals surface area contributed by atoms with Gasteiger partial charge in [-0.1, -0.05) is 70.0 Å². The number of halogens is 1. The maximum atomic E-state index is 12.9. The number of alkyl halides is 1. The van der Waals surface area contributed by atoms with Crippen molar-refractivity contribution in [2.24, 2.45) is 4.30 Å². The third-order valence-electron chi connectivity index (χ3n) is 18.4. The first kappa shape index (κ1) is 103. The molecule has 8 aromatic carbocycles. The number of hydrogen-bond donors (Lipinski definition) is 6. The van der Waals surface area contributed by atoms with Gasteiger partial charge in [-0.15, -0.1) is 0 Å². The molecule has 0 aliphatic carbocycles. The van der Waals surface area contributed by atoms with E-state index in [1.807, 2.05) is 19.1 Å². The molecule has 0 saturated carbocycles. The predicted molar refractivity (Wildman–Crippen MR) is 458 cm³/mol. The number of thiol groups is 1. The Morgan fingerprint density at radius 3 is 0.920 bits per heavy atom. The molecule has 12 rings (SSSR count). The molecule has 0 unspecified atom stereocenters. The summed E-state index contributed by atoms with van der Waals surface area (Å²) in [5.41, 5.74) is 4.46. The second-order valence-corrected chi connectivity index (χ2v) is 34.9. The summed E-state index contributed by atoms with van der Waals surface area (Å²) in [6.45, 7) is 6.42. The number of carbonyl (C=O) groups excluding carboxylic acids is 7. The number of benzene rings is 8. The number of carboxylic acids is 1. The normalized spacial score (nSPS) is 14.2. The number of aryl methyl sites for hydroxylation is 1. The molecule has 1 radical (unpaired) electrons. The molecule has 0 atom stereocenters. The van der Waals surface area contributed by atoms with E-state index in [0.29, 0.717) is 69.3 Å². The number of carboxylic acid groups (broad SMARTS) is 1. The van der Waals surface area contributed by atoms with Gasteiger partial charge in [-0.05, 0) is 145 Å². The molecule has 0 bridgehead atoms. The number of hydrogen-bond acceptors (Lipinski definition) is 28. The number of nitriles is 2. The fourth-order valence-corrected chi connectivity index (χ4v) is 18.2. The molecule has 8 aromatic rings. The third-order valence-corrected chi connectivity index (χ3v) is 26.6. The standard InChI is InChI=1S/C21H21N3O6S.C20H21BrN2O6S.C20H19N3O6S.C20H22N2O6S.BHNS.Na.H2O/c1-29-21(26)18-13-15(7-8-22)5-6-19(18)23-20(25)16-3-2-4-17(14-16)31(27,28)24-9-11-30-12-10-24;1-28-20(25)17-11-14(13-21)5-6-18(17)22-19(24)15-3-2-4-16(12-15)30(26,27)23-7-9-29-10-8-23;21-7-6-14-4-5-18(17(12-14)20(25)26)22-19(24)15-2-1-3-16(13-15)30(27,28)23-8-10-29-11-9-23;1-14-6-7-18(17(12-14)20(24)27-2)21-19(23)15-4-3-5-16(13-15)29(25,26)22-8-10-28-11-9-22;1-2-3;;/h2-6,13-14H,7,9-12H2,1H3,(H,23,25);2-6,11-12H,7-10,13H2,1H3,(H,22,24);1-5,12-13H,6,8-11H2,(H,22,24)(H,25,26);3-7,12-13H,8-11H2,1-2H3,(H,21,23);3H;;1H2/q;;;;;+1;/p-1. The molecule has 0 spiro atoms. The van der Waals surface area contributed by atoms with E-state index < -0.39 is 87.6 Å². The summed E-state index contributed by atoms with van der Waals surface area (Å²) in [7, 11) is -6.92. The van der Waals surface area contributed by atoms with Crippen molar-refractivity contribution < 1.29 is 145 Å². The molecule has 4 saturated heterocycles. The molecule has 655 valence electrons. The minimum atomic E-state index is -3.78. The van der Waals surface area contributed by atoms with E-state index in [-0.39, 0.29) is 187 Å². The van der Waals surface area contributed by atoms with Crippen LogP contribution in [0.5, 0.6) is 0 Å². The fraction of sp³-hybridized carbons (Fsp3) is 0.284. The van der Waals surface area contributed by atoms with Gasteiger partial charge in [-0.3, -0.25) is 19.2 Å². The monoisotopic (exact) mass is 1880 g/mol. The zero-order valence-corrected chi connectivity index (χ0v) is 75.8. The number of aromatic carboxylic acids is 1. The fourth-order valence-electron chi connectivity index (χ4n) is 12.1. The molecule has 4 fully saturated rings. The van der Waals surface area contributed by atoms with Gasteiger partial charge in [0, 0.05) is 79.9 Å². The maximum absolute atomic E-state index is 12.9. The Balaban J connectivity index is 0.000000253. The molecule has 4 aliphatic heterocycles.